The van der Waals surface area contributed by atoms with E-state index in [2.05, 4.69) is 0 Å². The topological polar surface area (TPSA) is 86.9 Å². The van der Waals surface area contributed by atoms with Gasteiger partial charge in [0.05, 0.1) is 0 Å². The third kappa shape index (κ3) is 3.48. The Morgan fingerprint density at radius 3 is 2.40 bits per heavy atom. The highest BCUT2D eigenvalue weighted by Crippen LogP contribution is 2.18. The van der Waals surface area contributed by atoms with Crippen molar-refractivity contribution < 1.29 is 14.7 Å². The van der Waals surface area contributed by atoms with Crippen LogP contribution in [0.4, 0.5) is 10.5 Å². The minimum atomic E-state index is -1.03. The average molecular weight is 277 g/mol. The molecule has 0 bridgehead atoms. The zero-order valence-electron chi connectivity index (χ0n) is 11.2. The number of nitrogens with zero attached hydrogens (tertiary/aromatic N) is 2. The van der Waals surface area contributed by atoms with Crippen molar-refractivity contribution in [3.05, 3.63) is 30.3 Å². The molecule has 0 saturated carbocycles. The number of amides is 2. The van der Waals surface area contributed by atoms with Crippen molar-refractivity contribution in [2.45, 2.75) is 18.9 Å². The highest BCUT2D eigenvalue weighted by molar-refractivity contribution is 5.96. The maximum atomic E-state index is 12.5. The molecule has 1 aliphatic rings. The molecule has 3 N–H and O–H groups in total. The largest absolute Gasteiger partial charge is 0.480 e. The Morgan fingerprint density at radius 2 is 1.85 bits per heavy atom. The van der Waals surface area contributed by atoms with Crippen molar-refractivity contribution in [2.24, 2.45) is 5.73 Å². The van der Waals surface area contributed by atoms with Crippen molar-refractivity contribution in [2.75, 3.05) is 24.5 Å². The molecule has 6 nitrogen and oxygen atoms in total. The molecule has 2 rings (SSSR count). The molecule has 0 radical (unpaired) electrons. The van der Waals surface area contributed by atoms with Crippen LogP contribution in [0.2, 0.25) is 0 Å². The van der Waals surface area contributed by atoms with Gasteiger partial charge in [-0.3, -0.25) is 9.69 Å². The monoisotopic (exact) mass is 277 g/mol. The Labute approximate surface area is 117 Å². The number of rotatable bonds is 3. The van der Waals surface area contributed by atoms with Crippen LogP contribution in [-0.2, 0) is 4.79 Å². The van der Waals surface area contributed by atoms with Crippen molar-refractivity contribution in [3.63, 3.8) is 0 Å². The number of likely N-dealkylation sites (tertiary alicyclic amines) is 1. The summed E-state index contributed by atoms with van der Waals surface area (Å²) in [7, 11) is 0. The smallest absolute Gasteiger partial charge is 0.325 e. The van der Waals surface area contributed by atoms with E-state index in [1.54, 1.807) is 29.2 Å². The molecule has 0 unspecified atom stereocenters. The normalized spacial score (nSPS) is 15.9. The van der Waals surface area contributed by atoms with Crippen LogP contribution >= 0.6 is 0 Å². The standard InChI is InChI=1S/C14H19N3O3/c15-11-6-8-16(9-7-11)14(20)17(10-13(18)19)12-4-2-1-3-5-12/h1-5,11H,6-10,15H2,(H,18,19). The number of carboxylic acid groups (broad SMARTS) is 1. The summed E-state index contributed by atoms with van der Waals surface area (Å²) >= 11 is 0. The summed E-state index contributed by atoms with van der Waals surface area (Å²) in [5, 5.41) is 9.00. The highest BCUT2D eigenvalue weighted by atomic mass is 16.4. The van der Waals surface area contributed by atoms with E-state index in [0.29, 0.717) is 18.8 Å². The molecular weight excluding hydrogens is 258 g/mol. The second-order valence-electron chi connectivity index (χ2n) is 4.92. The van der Waals surface area contributed by atoms with Gasteiger partial charge in [0.1, 0.15) is 6.54 Å². The Hall–Kier alpha value is -2.08. The number of nitrogens with two attached hydrogens (primary N) is 1. The van der Waals surface area contributed by atoms with Gasteiger partial charge < -0.3 is 15.7 Å². The Balaban J connectivity index is 2.14. The predicted molar refractivity (Wildman–Crippen MR) is 75.6 cm³/mol. The first-order valence-electron chi connectivity index (χ1n) is 6.67. The third-order valence-corrected chi connectivity index (χ3v) is 3.40. The van der Waals surface area contributed by atoms with Crippen molar-refractivity contribution in [1.82, 2.24) is 4.90 Å². The first-order chi connectivity index (χ1) is 9.58. The van der Waals surface area contributed by atoms with E-state index < -0.39 is 5.97 Å². The van der Waals surface area contributed by atoms with Gasteiger partial charge >= 0.3 is 12.0 Å². The van der Waals surface area contributed by atoms with Crippen molar-refractivity contribution in [3.8, 4) is 0 Å². The number of carbonyl (C=O) groups is 2. The van der Waals surface area contributed by atoms with Gasteiger partial charge in [0.15, 0.2) is 0 Å². The molecule has 1 aromatic rings. The van der Waals surface area contributed by atoms with Crippen molar-refractivity contribution in [1.29, 1.82) is 0 Å². The number of hydrogen-bond donors (Lipinski definition) is 2. The summed E-state index contributed by atoms with van der Waals surface area (Å²) in [6, 6.07) is 8.71. The zero-order chi connectivity index (χ0) is 14.5. The molecule has 20 heavy (non-hydrogen) atoms. The number of urea groups is 1. The van der Waals surface area contributed by atoms with Crippen LogP contribution in [0.1, 0.15) is 12.8 Å². The first kappa shape index (κ1) is 14.3. The molecule has 0 atom stereocenters. The fraction of sp³-hybridized carbons (Fsp3) is 0.429. The molecular formula is C14H19N3O3. The molecule has 1 heterocycles. The van der Waals surface area contributed by atoms with E-state index in [4.69, 9.17) is 10.8 Å². The minimum Gasteiger partial charge on any atom is -0.480 e. The number of carbonyl (C=O) groups excluding carboxylic acids is 1. The lowest BCUT2D eigenvalue weighted by molar-refractivity contribution is -0.135. The van der Waals surface area contributed by atoms with E-state index in [1.165, 1.54) is 4.90 Å². The number of piperidine rings is 1. The number of para-hydroxylation sites is 1. The summed E-state index contributed by atoms with van der Waals surface area (Å²) in [6.45, 7) is 0.803. The minimum absolute atomic E-state index is 0.128. The fourth-order valence-electron chi connectivity index (χ4n) is 2.27. The fourth-order valence-corrected chi connectivity index (χ4v) is 2.27. The molecule has 108 valence electrons. The zero-order valence-corrected chi connectivity index (χ0v) is 11.2. The van der Waals surface area contributed by atoms with Crippen LogP contribution in [0, 0.1) is 0 Å². The molecule has 1 aliphatic heterocycles. The summed E-state index contributed by atoms with van der Waals surface area (Å²) in [5.74, 6) is -1.03. The summed E-state index contributed by atoms with van der Waals surface area (Å²) in [5.41, 5.74) is 6.41. The SMILES string of the molecule is NC1CCN(C(=O)N(CC(=O)O)c2ccccc2)CC1. The van der Waals surface area contributed by atoms with Gasteiger partial charge in [-0.15, -0.1) is 0 Å². The Morgan fingerprint density at radius 1 is 1.25 bits per heavy atom. The second kappa shape index (κ2) is 6.38. The van der Waals surface area contributed by atoms with Gasteiger partial charge in [0.2, 0.25) is 0 Å². The summed E-state index contributed by atoms with van der Waals surface area (Å²) < 4.78 is 0. The van der Waals surface area contributed by atoms with Gasteiger partial charge in [-0.05, 0) is 25.0 Å². The van der Waals surface area contributed by atoms with Crippen LogP contribution in [0.25, 0.3) is 0 Å². The van der Waals surface area contributed by atoms with Gasteiger partial charge in [-0.2, -0.15) is 0 Å². The van der Waals surface area contributed by atoms with Gasteiger partial charge in [0.25, 0.3) is 0 Å². The quantitative estimate of drug-likeness (QED) is 0.866. The van der Waals surface area contributed by atoms with E-state index in [9.17, 15) is 9.59 Å². The molecule has 0 aromatic heterocycles. The van der Waals surface area contributed by atoms with Crippen LogP contribution < -0.4 is 10.6 Å². The molecule has 6 heteroatoms. The van der Waals surface area contributed by atoms with Crippen molar-refractivity contribution >= 4 is 17.7 Å². The number of aliphatic carboxylic acids is 1. The van der Waals surface area contributed by atoms with Gasteiger partial charge in [-0.25, -0.2) is 4.79 Å². The van der Waals surface area contributed by atoms with Crippen LogP contribution in [0.5, 0.6) is 0 Å². The van der Waals surface area contributed by atoms with E-state index >= 15 is 0 Å². The Bertz CT molecular complexity index is 470. The molecule has 2 amide bonds. The highest BCUT2D eigenvalue weighted by Gasteiger charge is 2.27. The molecule has 0 aliphatic carbocycles. The van der Waals surface area contributed by atoms with Gasteiger partial charge in [0, 0.05) is 24.8 Å². The van der Waals surface area contributed by atoms with E-state index in [0.717, 1.165) is 12.8 Å². The van der Waals surface area contributed by atoms with E-state index in [1.807, 2.05) is 6.07 Å². The molecule has 1 saturated heterocycles. The average Bonchev–Trinajstić information content (AvgIpc) is 2.45. The lowest BCUT2D eigenvalue weighted by Crippen LogP contribution is -2.50. The summed E-state index contributed by atoms with van der Waals surface area (Å²) in [4.78, 5) is 26.4. The second-order valence-corrected chi connectivity index (χ2v) is 4.92. The predicted octanol–water partition coefficient (Wildman–Crippen LogP) is 1.12. The number of carboxylic acids is 1. The molecule has 1 fully saturated rings. The molecule has 0 spiro atoms. The van der Waals surface area contributed by atoms with Crippen LogP contribution in [0.15, 0.2) is 30.3 Å². The number of benzene rings is 1. The lowest BCUT2D eigenvalue weighted by atomic mass is 10.1. The number of hydrogen-bond acceptors (Lipinski definition) is 3. The molecule has 1 aromatic carbocycles. The summed E-state index contributed by atoms with van der Waals surface area (Å²) in [6.07, 6.45) is 1.50. The number of anilines is 1. The van der Waals surface area contributed by atoms with Crippen LogP contribution in [-0.4, -0.2) is 47.7 Å². The van der Waals surface area contributed by atoms with Crippen LogP contribution in [0.3, 0.4) is 0 Å². The first-order valence-corrected chi connectivity index (χ1v) is 6.67. The Kier molecular flexibility index (Phi) is 4.57. The third-order valence-electron chi connectivity index (χ3n) is 3.40. The lowest BCUT2D eigenvalue weighted by Gasteiger charge is -2.34. The van der Waals surface area contributed by atoms with E-state index in [-0.39, 0.29) is 18.6 Å². The maximum absolute atomic E-state index is 12.5. The maximum Gasteiger partial charge on any atom is 0.325 e. The van der Waals surface area contributed by atoms with Gasteiger partial charge in [-0.1, -0.05) is 18.2 Å².